The lowest BCUT2D eigenvalue weighted by molar-refractivity contribution is -0.131. The van der Waals surface area contributed by atoms with Crippen LogP contribution in [0.3, 0.4) is 0 Å². The molecule has 1 aromatic rings. The highest BCUT2D eigenvalue weighted by atomic mass is 16.4. The minimum atomic E-state index is -0.829. The third-order valence-corrected chi connectivity index (χ3v) is 3.59. The number of carboxylic acids is 1. The Morgan fingerprint density at radius 1 is 1.22 bits per heavy atom. The average molecular weight is 245 g/mol. The average Bonchev–Trinajstić information content (AvgIpc) is 2.33. The van der Waals surface area contributed by atoms with E-state index in [0.717, 1.165) is 31.5 Å². The molecule has 0 saturated carbocycles. The van der Waals surface area contributed by atoms with Gasteiger partial charge in [0.1, 0.15) is 0 Å². The Labute approximate surface area is 108 Å². The summed E-state index contributed by atoms with van der Waals surface area (Å²) in [4.78, 5) is 12.9. The number of carbonyl (C=O) groups is 1. The molecule has 3 heteroatoms. The fourth-order valence-corrected chi connectivity index (χ4v) is 2.29. The van der Waals surface area contributed by atoms with E-state index in [4.69, 9.17) is 5.11 Å². The zero-order valence-electron chi connectivity index (χ0n) is 10.9. The Hall–Kier alpha value is -1.77. The highest BCUT2D eigenvalue weighted by molar-refractivity contribution is 5.80. The van der Waals surface area contributed by atoms with E-state index in [2.05, 4.69) is 36.9 Å². The van der Waals surface area contributed by atoms with Crippen LogP contribution < -0.4 is 4.90 Å². The maximum absolute atomic E-state index is 10.6. The number of hydrogen-bond donors (Lipinski definition) is 1. The van der Waals surface area contributed by atoms with Crippen molar-refractivity contribution in [2.24, 2.45) is 0 Å². The zero-order chi connectivity index (χ0) is 13.1. The zero-order valence-corrected chi connectivity index (χ0v) is 10.9. The van der Waals surface area contributed by atoms with Crippen molar-refractivity contribution in [2.75, 3.05) is 18.0 Å². The molecule has 3 nitrogen and oxygen atoms in total. The van der Waals surface area contributed by atoms with E-state index in [1.807, 2.05) is 0 Å². The van der Waals surface area contributed by atoms with Gasteiger partial charge in [-0.2, -0.15) is 0 Å². The van der Waals surface area contributed by atoms with Crippen LogP contribution in [-0.2, 0) is 4.79 Å². The van der Waals surface area contributed by atoms with Crippen LogP contribution in [0.1, 0.15) is 24.0 Å². The second kappa shape index (κ2) is 5.25. The summed E-state index contributed by atoms with van der Waals surface area (Å²) in [5.74, 6) is -0.829. The number of nitrogens with zero attached hydrogens (tertiary/aromatic N) is 1. The van der Waals surface area contributed by atoms with Gasteiger partial charge in [-0.25, -0.2) is 4.79 Å². The van der Waals surface area contributed by atoms with Crippen molar-refractivity contribution in [3.8, 4) is 0 Å². The summed E-state index contributed by atoms with van der Waals surface area (Å²) < 4.78 is 0. The number of anilines is 1. The molecule has 0 aliphatic carbocycles. The molecule has 0 spiro atoms. The number of benzene rings is 1. The molecule has 1 N–H and O–H groups in total. The molecule has 1 aromatic carbocycles. The van der Waals surface area contributed by atoms with Gasteiger partial charge in [0.25, 0.3) is 0 Å². The second-order valence-electron chi connectivity index (χ2n) is 4.90. The fraction of sp³-hybridized carbons (Fsp3) is 0.400. The van der Waals surface area contributed by atoms with E-state index < -0.39 is 5.97 Å². The topological polar surface area (TPSA) is 40.5 Å². The highest BCUT2D eigenvalue weighted by Gasteiger charge is 2.15. The summed E-state index contributed by atoms with van der Waals surface area (Å²) in [5.41, 5.74) is 4.90. The molecule has 0 radical (unpaired) electrons. The molecule has 0 aromatic heterocycles. The smallest absolute Gasteiger partial charge is 0.328 e. The van der Waals surface area contributed by atoms with E-state index in [1.54, 1.807) is 0 Å². The van der Waals surface area contributed by atoms with Crippen LogP contribution in [0, 0.1) is 13.8 Å². The summed E-state index contributed by atoms with van der Waals surface area (Å²) in [6.45, 7) is 6.05. The van der Waals surface area contributed by atoms with E-state index in [9.17, 15) is 4.79 Å². The second-order valence-corrected chi connectivity index (χ2v) is 4.90. The number of rotatable bonds is 2. The lowest BCUT2D eigenvalue weighted by atomic mass is 10.0. The normalized spacial score (nSPS) is 15.7. The Bertz CT molecular complexity index is 481. The molecule has 1 aliphatic rings. The van der Waals surface area contributed by atoms with Gasteiger partial charge < -0.3 is 10.0 Å². The molecule has 96 valence electrons. The third-order valence-electron chi connectivity index (χ3n) is 3.59. The number of hydrogen-bond acceptors (Lipinski definition) is 2. The molecule has 1 fully saturated rings. The van der Waals surface area contributed by atoms with Crippen molar-refractivity contribution in [1.29, 1.82) is 0 Å². The van der Waals surface area contributed by atoms with Crippen molar-refractivity contribution in [1.82, 2.24) is 0 Å². The molecular weight excluding hydrogens is 226 g/mol. The summed E-state index contributed by atoms with van der Waals surface area (Å²) >= 11 is 0. The van der Waals surface area contributed by atoms with Crippen LogP contribution in [0.4, 0.5) is 5.69 Å². The molecule has 1 heterocycles. The summed E-state index contributed by atoms with van der Waals surface area (Å²) in [7, 11) is 0. The lowest BCUT2D eigenvalue weighted by Crippen LogP contribution is -2.30. The van der Waals surface area contributed by atoms with Gasteiger partial charge in [0, 0.05) is 24.9 Å². The van der Waals surface area contributed by atoms with E-state index in [-0.39, 0.29) is 0 Å². The van der Waals surface area contributed by atoms with E-state index >= 15 is 0 Å². The number of carboxylic acid groups (broad SMARTS) is 1. The Balaban J connectivity index is 2.05. The van der Waals surface area contributed by atoms with Gasteiger partial charge in [0.2, 0.25) is 0 Å². The van der Waals surface area contributed by atoms with Crippen LogP contribution >= 0.6 is 0 Å². The van der Waals surface area contributed by atoms with Crippen molar-refractivity contribution < 1.29 is 9.90 Å². The maximum atomic E-state index is 10.6. The highest BCUT2D eigenvalue weighted by Crippen LogP contribution is 2.24. The lowest BCUT2D eigenvalue weighted by Gasteiger charge is -2.30. The molecule has 0 unspecified atom stereocenters. The van der Waals surface area contributed by atoms with Gasteiger partial charge in [0.15, 0.2) is 0 Å². The quantitative estimate of drug-likeness (QED) is 0.814. The van der Waals surface area contributed by atoms with Crippen molar-refractivity contribution in [3.05, 3.63) is 41.0 Å². The standard InChI is InChI=1S/C15H19NO2/c1-11-3-4-14(9-12(11)2)16-7-5-13(6-8-16)10-15(17)18/h3-4,9-10H,5-8H2,1-2H3,(H,17,18). The molecule has 0 amide bonds. The van der Waals surface area contributed by atoms with E-state index in [1.165, 1.54) is 22.9 Å². The van der Waals surface area contributed by atoms with Crippen molar-refractivity contribution >= 4 is 11.7 Å². The monoisotopic (exact) mass is 245 g/mol. The first kappa shape index (κ1) is 12.7. The van der Waals surface area contributed by atoms with Crippen LogP contribution in [0.5, 0.6) is 0 Å². The molecule has 18 heavy (non-hydrogen) atoms. The molecule has 0 atom stereocenters. The summed E-state index contributed by atoms with van der Waals surface area (Å²) in [6.07, 6.45) is 3.05. The van der Waals surface area contributed by atoms with Gasteiger partial charge in [-0.05, 0) is 49.9 Å². The largest absolute Gasteiger partial charge is 0.478 e. The molecular formula is C15H19NO2. The predicted molar refractivity (Wildman–Crippen MR) is 73.1 cm³/mol. The summed E-state index contributed by atoms with van der Waals surface area (Å²) in [5, 5.41) is 8.73. The van der Waals surface area contributed by atoms with Gasteiger partial charge in [-0.15, -0.1) is 0 Å². The number of piperidine rings is 1. The number of aryl methyl sites for hydroxylation is 2. The molecule has 0 bridgehead atoms. The van der Waals surface area contributed by atoms with Gasteiger partial charge in [0.05, 0.1) is 0 Å². The van der Waals surface area contributed by atoms with Crippen LogP contribution in [-0.4, -0.2) is 24.2 Å². The summed E-state index contributed by atoms with van der Waals surface area (Å²) in [6, 6.07) is 6.50. The van der Waals surface area contributed by atoms with Crippen molar-refractivity contribution in [2.45, 2.75) is 26.7 Å². The minimum Gasteiger partial charge on any atom is -0.478 e. The third kappa shape index (κ3) is 2.92. The van der Waals surface area contributed by atoms with Crippen LogP contribution in [0.2, 0.25) is 0 Å². The molecule has 1 aliphatic heterocycles. The first-order chi connectivity index (χ1) is 8.56. The van der Waals surface area contributed by atoms with Crippen LogP contribution in [0.15, 0.2) is 29.8 Å². The minimum absolute atomic E-state index is 0.829. The maximum Gasteiger partial charge on any atom is 0.328 e. The van der Waals surface area contributed by atoms with Gasteiger partial charge in [-0.1, -0.05) is 11.6 Å². The van der Waals surface area contributed by atoms with Crippen LogP contribution in [0.25, 0.3) is 0 Å². The molecule has 2 rings (SSSR count). The SMILES string of the molecule is Cc1ccc(N2CCC(=CC(=O)O)CC2)cc1C. The first-order valence-corrected chi connectivity index (χ1v) is 6.31. The first-order valence-electron chi connectivity index (χ1n) is 6.31. The molecule has 1 saturated heterocycles. The van der Waals surface area contributed by atoms with Gasteiger partial charge >= 0.3 is 5.97 Å². The fourth-order valence-electron chi connectivity index (χ4n) is 2.29. The number of aliphatic carboxylic acids is 1. The predicted octanol–water partition coefficient (Wildman–Crippen LogP) is 2.91. The van der Waals surface area contributed by atoms with Crippen molar-refractivity contribution in [3.63, 3.8) is 0 Å². The Kier molecular flexibility index (Phi) is 3.70. The van der Waals surface area contributed by atoms with Gasteiger partial charge in [-0.3, -0.25) is 0 Å². The Morgan fingerprint density at radius 2 is 1.89 bits per heavy atom. The Morgan fingerprint density at radius 3 is 2.44 bits per heavy atom. The van der Waals surface area contributed by atoms with E-state index in [0.29, 0.717) is 0 Å².